The smallest absolute Gasteiger partial charge is 0.303 e. The van der Waals surface area contributed by atoms with Crippen LogP contribution in [0.5, 0.6) is 0 Å². The van der Waals surface area contributed by atoms with E-state index >= 15 is 0 Å². The summed E-state index contributed by atoms with van der Waals surface area (Å²) in [5.74, 6) is -0.617. The number of carbonyl (C=O) groups is 2. The van der Waals surface area contributed by atoms with Crippen LogP contribution in [0, 0.1) is 5.92 Å². The van der Waals surface area contributed by atoms with Crippen molar-refractivity contribution in [3.8, 4) is 0 Å². The predicted molar refractivity (Wildman–Crippen MR) is 72.0 cm³/mol. The van der Waals surface area contributed by atoms with Gasteiger partial charge in [-0.25, -0.2) is 4.98 Å². The Hall–Kier alpha value is -1.63. The number of aromatic nitrogens is 1. The van der Waals surface area contributed by atoms with Crippen molar-refractivity contribution >= 4 is 28.3 Å². The Bertz CT molecular complexity index is 475. The van der Waals surface area contributed by atoms with Crippen LogP contribution in [0.4, 0.5) is 5.13 Å². The van der Waals surface area contributed by atoms with Crippen molar-refractivity contribution in [3.05, 3.63) is 11.1 Å². The first-order chi connectivity index (χ1) is 9.06. The average molecular weight is 283 g/mol. The van der Waals surface area contributed by atoms with Crippen molar-refractivity contribution in [2.75, 3.05) is 18.8 Å². The maximum atomic E-state index is 12.2. The quantitative estimate of drug-likeness (QED) is 0.871. The highest BCUT2D eigenvalue weighted by Gasteiger charge is 2.25. The molecule has 1 atom stereocenters. The maximum absolute atomic E-state index is 12.2. The molecule has 0 radical (unpaired) electrons. The van der Waals surface area contributed by atoms with Gasteiger partial charge in [0.05, 0.1) is 0 Å². The fourth-order valence-corrected chi connectivity index (χ4v) is 2.90. The third-order valence-corrected chi connectivity index (χ3v) is 3.99. The molecule has 1 fully saturated rings. The number of aliphatic carboxylic acids is 1. The lowest BCUT2D eigenvalue weighted by molar-refractivity contribution is -0.137. The van der Waals surface area contributed by atoms with E-state index in [1.165, 1.54) is 11.3 Å². The van der Waals surface area contributed by atoms with Crippen LogP contribution in [0.3, 0.4) is 0 Å². The number of carboxylic acid groups (broad SMARTS) is 1. The fraction of sp³-hybridized carbons (Fsp3) is 0.583. The number of anilines is 1. The molecule has 0 bridgehead atoms. The largest absolute Gasteiger partial charge is 0.481 e. The molecule has 0 saturated carbocycles. The van der Waals surface area contributed by atoms with E-state index in [0.29, 0.717) is 30.3 Å². The molecule has 1 aromatic heterocycles. The van der Waals surface area contributed by atoms with Crippen LogP contribution < -0.4 is 5.73 Å². The molecule has 0 aliphatic carbocycles. The molecule has 1 aliphatic rings. The molecule has 104 valence electrons. The zero-order chi connectivity index (χ0) is 13.8. The first kappa shape index (κ1) is 13.8. The van der Waals surface area contributed by atoms with Crippen LogP contribution in [-0.2, 0) is 4.79 Å². The second-order valence-corrected chi connectivity index (χ2v) is 5.65. The van der Waals surface area contributed by atoms with E-state index in [-0.39, 0.29) is 18.2 Å². The van der Waals surface area contributed by atoms with Gasteiger partial charge < -0.3 is 15.7 Å². The van der Waals surface area contributed by atoms with E-state index < -0.39 is 5.97 Å². The minimum atomic E-state index is -0.782. The summed E-state index contributed by atoms with van der Waals surface area (Å²) in [6, 6.07) is 0. The van der Waals surface area contributed by atoms with Gasteiger partial charge in [-0.1, -0.05) is 0 Å². The van der Waals surface area contributed by atoms with Gasteiger partial charge in [0.25, 0.3) is 5.91 Å². The highest BCUT2D eigenvalue weighted by Crippen LogP contribution is 2.23. The van der Waals surface area contributed by atoms with Gasteiger partial charge in [-0.3, -0.25) is 9.59 Å². The number of nitrogen functional groups attached to an aromatic ring is 1. The van der Waals surface area contributed by atoms with Crippen molar-refractivity contribution in [2.24, 2.45) is 5.92 Å². The van der Waals surface area contributed by atoms with Gasteiger partial charge in [0.15, 0.2) is 5.13 Å². The number of likely N-dealkylation sites (tertiary alicyclic amines) is 1. The van der Waals surface area contributed by atoms with Gasteiger partial charge in [0.1, 0.15) is 5.69 Å². The number of carbonyl (C=O) groups excluding carboxylic acids is 1. The average Bonchev–Trinajstić information content (AvgIpc) is 2.82. The molecule has 0 spiro atoms. The minimum Gasteiger partial charge on any atom is -0.481 e. The Morgan fingerprint density at radius 1 is 1.58 bits per heavy atom. The molecule has 1 saturated heterocycles. The number of carboxylic acids is 1. The molecule has 0 aromatic carbocycles. The second kappa shape index (κ2) is 6.01. The zero-order valence-corrected chi connectivity index (χ0v) is 11.4. The number of piperidine rings is 1. The van der Waals surface area contributed by atoms with Crippen LogP contribution >= 0.6 is 11.3 Å². The van der Waals surface area contributed by atoms with Crippen LogP contribution in [0.1, 0.15) is 36.2 Å². The summed E-state index contributed by atoms with van der Waals surface area (Å²) in [6.07, 6.45) is 2.68. The number of nitrogens with zero attached hydrogens (tertiary/aromatic N) is 2. The summed E-state index contributed by atoms with van der Waals surface area (Å²) in [5.41, 5.74) is 5.92. The lowest BCUT2D eigenvalue weighted by atomic mass is 9.93. The van der Waals surface area contributed by atoms with Crippen molar-refractivity contribution in [1.82, 2.24) is 9.88 Å². The standard InChI is InChI=1S/C12H17N3O3S/c13-12-14-9(7-19-12)11(18)15-5-1-2-8(6-15)3-4-10(16)17/h7-8H,1-6H2,(H2,13,14)(H,16,17). The molecule has 2 rings (SSSR count). The topological polar surface area (TPSA) is 96.5 Å². The van der Waals surface area contributed by atoms with Crippen LogP contribution in [0.15, 0.2) is 5.38 Å². The summed E-state index contributed by atoms with van der Waals surface area (Å²) >= 11 is 1.25. The second-order valence-electron chi connectivity index (χ2n) is 4.76. The predicted octanol–water partition coefficient (Wildman–Crippen LogP) is 1.44. The lowest BCUT2D eigenvalue weighted by Crippen LogP contribution is -2.40. The number of hydrogen-bond acceptors (Lipinski definition) is 5. The van der Waals surface area contributed by atoms with Crippen LogP contribution in [0.2, 0.25) is 0 Å². The van der Waals surface area contributed by atoms with E-state index in [2.05, 4.69) is 4.98 Å². The molecule has 6 nitrogen and oxygen atoms in total. The molecule has 1 aromatic rings. The number of amides is 1. The van der Waals surface area contributed by atoms with Gasteiger partial charge in [-0.15, -0.1) is 11.3 Å². The molecule has 19 heavy (non-hydrogen) atoms. The molecular formula is C12H17N3O3S. The Morgan fingerprint density at radius 3 is 3.00 bits per heavy atom. The van der Waals surface area contributed by atoms with Gasteiger partial charge in [-0.2, -0.15) is 0 Å². The minimum absolute atomic E-state index is 0.104. The van der Waals surface area contributed by atoms with E-state index in [4.69, 9.17) is 10.8 Å². The summed E-state index contributed by atoms with van der Waals surface area (Å²) in [5, 5.41) is 10.8. The van der Waals surface area contributed by atoms with Gasteiger partial charge in [0, 0.05) is 24.9 Å². The lowest BCUT2D eigenvalue weighted by Gasteiger charge is -2.32. The SMILES string of the molecule is Nc1nc(C(=O)N2CCCC(CCC(=O)O)C2)cs1. The van der Waals surface area contributed by atoms with E-state index in [1.807, 2.05) is 0 Å². The number of hydrogen-bond donors (Lipinski definition) is 2. The van der Waals surface area contributed by atoms with E-state index in [1.54, 1.807) is 10.3 Å². The Morgan fingerprint density at radius 2 is 2.37 bits per heavy atom. The fourth-order valence-electron chi connectivity index (χ4n) is 2.36. The zero-order valence-electron chi connectivity index (χ0n) is 10.5. The van der Waals surface area contributed by atoms with E-state index in [0.717, 1.165) is 12.8 Å². The first-order valence-electron chi connectivity index (χ1n) is 6.28. The molecule has 1 amide bonds. The summed E-state index contributed by atoms with van der Waals surface area (Å²) in [6.45, 7) is 1.32. The monoisotopic (exact) mass is 283 g/mol. The molecule has 2 heterocycles. The highest BCUT2D eigenvalue weighted by atomic mass is 32.1. The molecule has 1 aliphatic heterocycles. The summed E-state index contributed by atoms with van der Waals surface area (Å²) in [7, 11) is 0. The summed E-state index contributed by atoms with van der Waals surface area (Å²) in [4.78, 5) is 28.5. The van der Waals surface area contributed by atoms with Crippen LogP contribution in [-0.4, -0.2) is 40.0 Å². The molecular weight excluding hydrogens is 266 g/mol. The van der Waals surface area contributed by atoms with Crippen LogP contribution in [0.25, 0.3) is 0 Å². The summed E-state index contributed by atoms with van der Waals surface area (Å²) < 4.78 is 0. The molecule has 7 heteroatoms. The van der Waals surface area contributed by atoms with Crippen molar-refractivity contribution in [1.29, 1.82) is 0 Å². The number of nitrogens with two attached hydrogens (primary N) is 1. The number of thiazole rings is 1. The van der Waals surface area contributed by atoms with Gasteiger partial charge in [0.2, 0.25) is 0 Å². The van der Waals surface area contributed by atoms with Crippen molar-refractivity contribution < 1.29 is 14.7 Å². The first-order valence-corrected chi connectivity index (χ1v) is 7.16. The maximum Gasteiger partial charge on any atom is 0.303 e. The molecule has 3 N–H and O–H groups in total. The van der Waals surface area contributed by atoms with Crippen molar-refractivity contribution in [2.45, 2.75) is 25.7 Å². The Balaban J connectivity index is 1.93. The molecule has 1 unspecified atom stereocenters. The van der Waals surface area contributed by atoms with Gasteiger partial charge >= 0.3 is 5.97 Å². The Kier molecular flexibility index (Phi) is 4.36. The Labute approximate surface area is 115 Å². The third-order valence-electron chi connectivity index (χ3n) is 3.31. The highest BCUT2D eigenvalue weighted by molar-refractivity contribution is 7.13. The van der Waals surface area contributed by atoms with Crippen molar-refractivity contribution in [3.63, 3.8) is 0 Å². The van der Waals surface area contributed by atoms with E-state index in [9.17, 15) is 9.59 Å². The van der Waals surface area contributed by atoms with Gasteiger partial charge in [-0.05, 0) is 25.2 Å². The normalized spacial score (nSPS) is 19.4. The number of rotatable bonds is 4. The third kappa shape index (κ3) is 3.66.